The molecule has 0 atom stereocenters. The number of fused-ring (bicyclic) bond motifs is 7. The van der Waals surface area contributed by atoms with E-state index in [1.807, 2.05) is 0 Å². The average molecular weight is 318 g/mol. The van der Waals surface area contributed by atoms with Gasteiger partial charge in [0.15, 0.2) is 0 Å². The van der Waals surface area contributed by atoms with Crippen LogP contribution in [0, 0.1) is 0 Å². The Bertz CT molecular complexity index is 1020. The number of rotatable bonds is 0. The fraction of sp³-hybridized carbons (Fsp3) is 0.0400. The number of benzene rings is 3. The Morgan fingerprint density at radius 2 is 1.08 bits per heavy atom. The maximum absolute atomic E-state index is 4.53. The van der Waals surface area contributed by atoms with Gasteiger partial charge in [-0.25, -0.2) is 0 Å². The summed E-state index contributed by atoms with van der Waals surface area (Å²) in [5, 5.41) is 0. The van der Waals surface area contributed by atoms with E-state index in [0.29, 0.717) is 0 Å². The van der Waals surface area contributed by atoms with Crippen LogP contribution in [0.4, 0.5) is 0 Å². The van der Waals surface area contributed by atoms with Gasteiger partial charge < -0.3 is 0 Å². The van der Waals surface area contributed by atoms with E-state index in [2.05, 4.69) is 104 Å². The Labute approximate surface area is 148 Å². The average Bonchev–Trinajstić information content (AvgIpc) is 2.96. The molecule has 3 aromatic rings. The van der Waals surface area contributed by atoms with Gasteiger partial charge in [0.2, 0.25) is 0 Å². The van der Waals surface area contributed by atoms with Crippen LogP contribution in [-0.2, 0) is 5.41 Å². The zero-order chi connectivity index (χ0) is 16.9. The minimum atomic E-state index is -0.328. The topological polar surface area (TPSA) is 0 Å². The number of allylic oxidation sites excluding steroid dienone is 4. The molecule has 0 fully saturated rings. The van der Waals surface area contributed by atoms with E-state index in [1.165, 1.54) is 33.4 Å². The van der Waals surface area contributed by atoms with Crippen LogP contribution >= 0.6 is 0 Å². The van der Waals surface area contributed by atoms with Crippen molar-refractivity contribution in [3.8, 4) is 11.1 Å². The van der Waals surface area contributed by atoms with Crippen molar-refractivity contribution in [2.24, 2.45) is 0 Å². The largest absolute Gasteiger partial charge is 0.0942 e. The van der Waals surface area contributed by atoms with E-state index in [1.54, 1.807) is 0 Å². The van der Waals surface area contributed by atoms with Gasteiger partial charge in [0, 0.05) is 0 Å². The minimum absolute atomic E-state index is 0.328. The standard InChI is InChI=1S/C25H18/c1-18-10-2-3-11-19-12-4-7-15-22(19)25(18)23-16-8-5-13-20(23)21-14-6-9-17-24(21)25/h2-17H,1H2/b10-2-,11-3-. The summed E-state index contributed by atoms with van der Waals surface area (Å²) in [6.07, 6.45) is 8.56. The van der Waals surface area contributed by atoms with Gasteiger partial charge in [-0.15, -0.1) is 0 Å². The van der Waals surface area contributed by atoms with Gasteiger partial charge >= 0.3 is 0 Å². The summed E-state index contributed by atoms with van der Waals surface area (Å²) in [7, 11) is 0. The molecule has 0 heterocycles. The van der Waals surface area contributed by atoms with Gasteiger partial charge in [-0.3, -0.25) is 0 Å². The normalized spacial score (nSPS) is 18.6. The third kappa shape index (κ3) is 1.77. The second-order valence-electron chi connectivity index (χ2n) is 6.67. The Kier molecular flexibility index (Phi) is 2.96. The molecule has 0 radical (unpaired) electrons. The Hall–Kier alpha value is -3.12. The molecular weight excluding hydrogens is 300 g/mol. The Balaban J connectivity index is 2.00. The molecule has 0 nitrogen and oxygen atoms in total. The van der Waals surface area contributed by atoms with Crippen molar-refractivity contribution in [3.05, 3.63) is 125 Å². The molecule has 0 saturated carbocycles. The van der Waals surface area contributed by atoms with Gasteiger partial charge in [-0.2, -0.15) is 0 Å². The summed E-state index contributed by atoms with van der Waals surface area (Å²) in [4.78, 5) is 0. The molecule has 0 aromatic heterocycles. The molecule has 3 aromatic carbocycles. The highest BCUT2D eigenvalue weighted by molar-refractivity contribution is 5.87. The van der Waals surface area contributed by atoms with Crippen LogP contribution in [0.5, 0.6) is 0 Å². The van der Waals surface area contributed by atoms with E-state index in [9.17, 15) is 0 Å². The minimum Gasteiger partial charge on any atom is -0.0942 e. The van der Waals surface area contributed by atoms with E-state index >= 15 is 0 Å². The van der Waals surface area contributed by atoms with Crippen molar-refractivity contribution >= 4 is 6.08 Å². The molecular formula is C25H18. The van der Waals surface area contributed by atoms with Crippen molar-refractivity contribution < 1.29 is 0 Å². The lowest BCUT2D eigenvalue weighted by Crippen LogP contribution is -2.29. The summed E-state index contributed by atoms with van der Waals surface area (Å²) in [6, 6.07) is 26.2. The summed E-state index contributed by atoms with van der Waals surface area (Å²) in [5.41, 5.74) is 8.62. The van der Waals surface area contributed by atoms with Gasteiger partial charge in [0.1, 0.15) is 0 Å². The van der Waals surface area contributed by atoms with Gasteiger partial charge in [0.25, 0.3) is 0 Å². The lowest BCUT2D eigenvalue weighted by atomic mass is 9.66. The monoisotopic (exact) mass is 318 g/mol. The van der Waals surface area contributed by atoms with E-state index in [4.69, 9.17) is 0 Å². The highest BCUT2D eigenvalue weighted by Gasteiger charge is 2.46. The first-order chi connectivity index (χ1) is 12.3. The quantitative estimate of drug-likeness (QED) is 0.467. The van der Waals surface area contributed by atoms with Gasteiger partial charge in [-0.05, 0) is 39.0 Å². The van der Waals surface area contributed by atoms with Crippen LogP contribution in [0.3, 0.4) is 0 Å². The van der Waals surface area contributed by atoms with Crippen LogP contribution in [0.2, 0.25) is 0 Å². The Morgan fingerprint density at radius 3 is 1.76 bits per heavy atom. The highest BCUT2D eigenvalue weighted by atomic mass is 14.5. The van der Waals surface area contributed by atoms with Crippen molar-refractivity contribution in [1.82, 2.24) is 0 Å². The van der Waals surface area contributed by atoms with E-state index in [0.717, 1.165) is 5.57 Å². The fourth-order valence-corrected chi connectivity index (χ4v) is 4.48. The molecule has 0 bridgehead atoms. The summed E-state index contributed by atoms with van der Waals surface area (Å²) in [6.45, 7) is 4.53. The maximum atomic E-state index is 4.53. The smallest absolute Gasteiger partial charge is 0.0713 e. The Morgan fingerprint density at radius 1 is 0.560 bits per heavy atom. The van der Waals surface area contributed by atoms with Crippen LogP contribution in [0.25, 0.3) is 17.2 Å². The molecule has 0 N–H and O–H groups in total. The molecule has 2 aliphatic rings. The molecule has 0 aliphatic heterocycles. The molecule has 0 saturated heterocycles. The van der Waals surface area contributed by atoms with E-state index < -0.39 is 0 Å². The first-order valence-electron chi connectivity index (χ1n) is 8.66. The predicted octanol–water partition coefficient (Wildman–Crippen LogP) is 6.14. The van der Waals surface area contributed by atoms with Crippen molar-refractivity contribution in [3.63, 3.8) is 0 Å². The molecule has 5 rings (SSSR count). The molecule has 0 heteroatoms. The third-order valence-corrected chi connectivity index (χ3v) is 5.48. The summed E-state index contributed by atoms with van der Waals surface area (Å²) >= 11 is 0. The van der Waals surface area contributed by atoms with Crippen molar-refractivity contribution in [2.75, 3.05) is 0 Å². The lowest BCUT2D eigenvalue weighted by molar-refractivity contribution is 0.767. The first-order valence-corrected chi connectivity index (χ1v) is 8.66. The molecule has 25 heavy (non-hydrogen) atoms. The van der Waals surface area contributed by atoms with E-state index in [-0.39, 0.29) is 5.41 Å². The molecule has 0 unspecified atom stereocenters. The first kappa shape index (κ1) is 14.2. The summed E-state index contributed by atoms with van der Waals surface area (Å²) in [5.74, 6) is 0. The van der Waals surface area contributed by atoms with Gasteiger partial charge in [0.05, 0.1) is 5.41 Å². The predicted molar refractivity (Wildman–Crippen MR) is 106 cm³/mol. The van der Waals surface area contributed by atoms with Crippen LogP contribution < -0.4 is 0 Å². The molecule has 1 spiro atoms. The zero-order valence-corrected chi connectivity index (χ0v) is 13.9. The van der Waals surface area contributed by atoms with Crippen molar-refractivity contribution in [1.29, 1.82) is 0 Å². The molecule has 2 aliphatic carbocycles. The van der Waals surface area contributed by atoms with Crippen LogP contribution in [0.15, 0.2) is 103 Å². The number of hydrogen-bond acceptors (Lipinski definition) is 0. The van der Waals surface area contributed by atoms with Gasteiger partial charge in [-0.1, -0.05) is 104 Å². The summed E-state index contributed by atoms with van der Waals surface area (Å²) < 4.78 is 0. The van der Waals surface area contributed by atoms with Crippen molar-refractivity contribution in [2.45, 2.75) is 5.41 Å². The second kappa shape index (κ2) is 5.19. The second-order valence-corrected chi connectivity index (χ2v) is 6.67. The third-order valence-electron chi connectivity index (χ3n) is 5.48. The number of hydrogen-bond donors (Lipinski definition) is 0. The lowest BCUT2D eigenvalue weighted by Gasteiger charge is -2.35. The SMILES string of the molecule is C=C1/C=C\C=C/c2ccccc2C12c1ccccc1-c1ccccc12. The highest BCUT2D eigenvalue weighted by Crippen LogP contribution is 2.57. The fourth-order valence-electron chi connectivity index (χ4n) is 4.48. The van der Waals surface area contributed by atoms with Crippen LogP contribution in [0.1, 0.15) is 22.3 Å². The molecule has 0 amide bonds. The maximum Gasteiger partial charge on any atom is 0.0713 e. The molecule has 118 valence electrons. The zero-order valence-electron chi connectivity index (χ0n) is 13.9. The van der Waals surface area contributed by atoms with Crippen LogP contribution in [-0.4, -0.2) is 0 Å².